The van der Waals surface area contributed by atoms with Crippen LogP contribution in [0.15, 0.2) is 16.6 Å². The molecular weight excluding hydrogens is 326 g/mol. The van der Waals surface area contributed by atoms with Gasteiger partial charge in [0.25, 0.3) is 0 Å². The average molecular weight is 348 g/mol. The van der Waals surface area contributed by atoms with Crippen molar-refractivity contribution < 1.29 is 0 Å². The van der Waals surface area contributed by atoms with Gasteiger partial charge in [0.05, 0.1) is 11.2 Å². The van der Waals surface area contributed by atoms with E-state index < -0.39 is 0 Å². The third-order valence-corrected chi connectivity index (χ3v) is 4.95. The molecule has 4 heteroatoms. The van der Waals surface area contributed by atoms with Crippen LogP contribution < -0.4 is 5.32 Å². The Kier molecular flexibility index (Phi) is 4.43. The monoisotopic (exact) mass is 347 g/mol. The van der Waals surface area contributed by atoms with Crippen molar-refractivity contribution in [2.75, 3.05) is 12.4 Å². The molecule has 112 valence electrons. The van der Waals surface area contributed by atoms with Gasteiger partial charge in [0.15, 0.2) is 0 Å². The van der Waals surface area contributed by atoms with Gasteiger partial charge in [-0.3, -0.25) is 0 Å². The zero-order chi connectivity index (χ0) is 14.8. The summed E-state index contributed by atoms with van der Waals surface area (Å²) < 4.78 is 1.13. The minimum absolute atomic E-state index is 0.715. The molecule has 1 aliphatic rings. The Labute approximate surface area is 134 Å². The molecule has 0 spiro atoms. The highest BCUT2D eigenvalue weighted by Crippen LogP contribution is 2.32. The van der Waals surface area contributed by atoms with E-state index in [0.717, 1.165) is 33.4 Å². The third kappa shape index (κ3) is 3.20. The number of anilines is 1. The number of halogens is 1. The van der Waals surface area contributed by atoms with Crippen LogP contribution in [-0.4, -0.2) is 17.0 Å². The van der Waals surface area contributed by atoms with E-state index in [1.54, 1.807) is 0 Å². The highest BCUT2D eigenvalue weighted by Gasteiger charge is 2.17. The molecule has 0 atom stereocenters. The first kappa shape index (κ1) is 14.8. The zero-order valence-corrected chi connectivity index (χ0v) is 14.3. The van der Waals surface area contributed by atoms with Crippen molar-refractivity contribution in [3.8, 4) is 0 Å². The Morgan fingerprint density at radius 3 is 2.67 bits per heavy atom. The van der Waals surface area contributed by atoms with Crippen LogP contribution in [0.2, 0.25) is 0 Å². The Bertz CT molecular complexity index is 648. The highest BCUT2D eigenvalue weighted by atomic mass is 79.9. The lowest BCUT2D eigenvalue weighted by Gasteiger charge is -2.22. The minimum atomic E-state index is 0.715. The fraction of sp³-hybridized carbons (Fsp3) is 0.529. The summed E-state index contributed by atoms with van der Waals surface area (Å²) in [7, 11) is 1.88. The minimum Gasteiger partial charge on any atom is -0.357 e. The van der Waals surface area contributed by atoms with Crippen molar-refractivity contribution in [3.63, 3.8) is 0 Å². The first-order valence-electron chi connectivity index (χ1n) is 7.82. The summed E-state index contributed by atoms with van der Waals surface area (Å²) in [6, 6.07) is 4.37. The normalized spacial score (nSPS) is 16.3. The zero-order valence-electron chi connectivity index (χ0n) is 12.7. The number of nitrogens with zero attached hydrogens (tertiary/aromatic N) is 2. The van der Waals surface area contributed by atoms with Crippen LogP contribution in [-0.2, 0) is 6.42 Å². The Morgan fingerprint density at radius 1 is 1.19 bits per heavy atom. The molecule has 1 aliphatic carbocycles. The van der Waals surface area contributed by atoms with Crippen LogP contribution in [0, 0.1) is 12.8 Å². The van der Waals surface area contributed by atoms with Gasteiger partial charge in [0, 0.05) is 16.9 Å². The Morgan fingerprint density at radius 2 is 1.95 bits per heavy atom. The summed E-state index contributed by atoms with van der Waals surface area (Å²) in [5.41, 5.74) is 3.50. The third-order valence-electron chi connectivity index (χ3n) is 4.49. The summed E-state index contributed by atoms with van der Waals surface area (Å²) >= 11 is 3.65. The molecule has 0 amide bonds. The fourth-order valence-corrected chi connectivity index (χ4v) is 3.89. The number of aromatic nitrogens is 2. The van der Waals surface area contributed by atoms with E-state index in [1.807, 2.05) is 7.05 Å². The lowest BCUT2D eigenvalue weighted by Crippen LogP contribution is -2.10. The topological polar surface area (TPSA) is 37.8 Å². The van der Waals surface area contributed by atoms with Gasteiger partial charge in [-0.2, -0.15) is 0 Å². The highest BCUT2D eigenvalue weighted by molar-refractivity contribution is 9.10. The van der Waals surface area contributed by atoms with Crippen molar-refractivity contribution in [1.82, 2.24) is 9.97 Å². The molecule has 0 saturated heterocycles. The SMILES string of the molecule is CNc1nc(C)c2cc(Br)cc(CC3CCCCC3)c2n1. The van der Waals surface area contributed by atoms with Gasteiger partial charge in [0.1, 0.15) is 0 Å². The van der Waals surface area contributed by atoms with Gasteiger partial charge in [0.2, 0.25) is 5.95 Å². The molecule has 1 saturated carbocycles. The molecule has 3 rings (SSSR count). The van der Waals surface area contributed by atoms with Crippen LogP contribution >= 0.6 is 15.9 Å². The van der Waals surface area contributed by atoms with Crippen molar-refractivity contribution in [2.45, 2.75) is 45.4 Å². The van der Waals surface area contributed by atoms with Crippen molar-refractivity contribution in [1.29, 1.82) is 0 Å². The molecule has 0 unspecified atom stereocenters. The molecule has 1 N–H and O–H groups in total. The van der Waals surface area contributed by atoms with Crippen LogP contribution in [0.25, 0.3) is 10.9 Å². The van der Waals surface area contributed by atoms with Gasteiger partial charge in [-0.25, -0.2) is 9.97 Å². The summed E-state index contributed by atoms with van der Waals surface area (Å²) in [6.07, 6.45) is 8.02. The van der Waals surface area contributed by atoms with Gasteiger partial charge < -0.3 is 5.32 Å². The first-order valence-corrected chi connectivity index (χ1v) is 8.61. The van der Waals surface area contributed by atoms with E-state index in [2.05, 4.69) is 45.3 Å². The molecular formula is C17H22BrN3. The van der Waals surface area contributed by atoms with Gasteiger partial charge >= 0.3 is 0 Å². The maximum Gasteiger partial charge on any atom is 0.223 e. The van der Waals surface area contributed by atoms with E-state index in [4.69, 9.17) is 4.98 Å². The van der Waals surface area contributed by atoms with E-state index in [9.17, 15) is 0 Å². The average Bonchev–Trinajstić information content (AvgIpc) is 2.49. The smallest absolute Gasteiger partial charge is 0.223 e. The quantitative estimate of drug-likeness (QED) is 0.860. The van der Waals surface area contributed by atoms with Crippen LogP contribution in [0.3, 0.4) is 0 Å². The second-order valence-electron chi connectivity index (χ2n) is 6.05. The Balaban J connectivity index is 2.04. The molecule has 0 radical (unpaired) electrons. The standard InChI is InChI=1S/C17H22BrN3/c1-11-15-10-14(18)9-13(8-12-6-4-3-5-7-12)16(15)21-17(19-2)20-11/h9-10,12H,3-8H2,1-2H3,(H,19,20,21). The van der Waals surface area contributed by atoms with Crippen LogP contribution in [0.1, 0.15) is 43.4 Å². The maximum atomic E-state index is 4.72. The maximum absolute atomic E-state index is 4.72. The summed E-state index contributed by atoms with van der Waals surface area (Å²) in [4.78, 5) is 9.22. The van der Waals surface area contributed by atoms with Crippen LogP contribution in [0.4, 0.5) is 5.95 Å². The molecule has 0 bridgehead atoms. The largest absolute Gasteiger partial charge is 0.357 e. The number of hydrogen-bond donors (Lipinski definition) is 1. The molecule has 1 aromatic heterocycles. The lowest BCUT2D eigenvalue weighted by atomic mass is 9.84. The van der Waals surface area contributed by atoms with Crippen molar-refractivity contribution in [3.05, 3.63) is 27.9 Å². The van der Waals surface area contributed by atoms with E-state index >= 15 is 0 Å². The van der Waals surface area contributed by atoms with E-state index in [1.165, 1.54) is 37.7 Å². The molecule has 1 fully saturated rings. The number of fused-ring (bicyclic) bond motifs is 1. The van der Waals surface area contributed by atoms with Gasteiger partial charge in [-0.1, -0.05) is 48.0 Å². The van der Waals surface area contributed by atoms with Crippen molar-refractivity contribution in [2.24, 2.45) is 5.92 Å². The predicted molar refractivity (Wildman–Crippen MR) is 91.8 cm³/mol. The second-order valence-corrected chi connectivity index (χ2v) is 6.97. The number of rotatable bonds is 3. The second kappa shape index (κ2) is 6.30. The molecule has 0 aliphatic heterocycles. The number of benzene rings is 1. The molecule has 1 aromatic carbocycles. The summed E-state index contributed by atoms with van der Waals surface area (Å²) in [5, 5.41) is 4.23. The molecule has 2 aromatic rings. The van der Waals surface area contributed by atoms with Crippen molar-refractivity contribution >= 4 is 32.8 Å². The van der Waals surface area contributed by atoms with E-state index in [0.29, 0.717) is 5.95 Å². The Hall–Kier alpha value is -1.16. The molecule has 1 heterocycles. The number of nitrogens with one attached hydrogen (secondary N) is 1. The molecule has 21 heavy (non-hydrogen) atoms. The number of aryl methyl sites for hydroxylation is 1. The summed E-state index contributed by atoms with van der Waals surface area (Å²) in [6.45, 7) is 2.06. The fourth-order valence-electron chi connectivity index (χ4n) is 3.38. The summed E-state index contributed by atoms with van der Waals surface area (Å²) in [5.74, 6) is 1.52. The van der Waals surface area contributed by atoms with Gasteiger partial charge in [-0.15, -0.1) is 0 Å². The van der Waals surface area contributed by atoms with E-state index in [-0.39, 0.29) is 0 Å². The predicted octanol–water partition coefficient (Wildman–Crippen LogP) is 4.87. The number of hydrogen-bond acceptors (Lipinski definition) is 3. The first-order chi connectivity index (χ1) is 10.2. The van der Waals surface area contributed by atoms with Crippen LogP contribution in [0.5, 0.6) is 0 Å². The molecule has 3 nitrogen and oxygen atoms in total. The van der Waals surface area contributed by atoms with Gasteiger partial charge in [-0.05, 0) is 37.0 Å². The lowest BCUT2D eigenvalue weighted by molar-refractivity contribution is 0.357.